The van der Waals surface area contributed by atoms with Crippen LogP contribution in [-0.2, 0) is 11.3 Å². The highest BCUT2D eigenvalue weighted by Crippen LogP contribution is 2.25. The van der Waals surface area contributed by atoms with Gasteiger partial charge in [0.2, 0.25) is 0 Å². The van der Waals surface area contributed by atoms with E-state index < -0.39 is 27.1 Å². The third-order valence-electron chi connectivity index (χ3n) is 4.24. The molecule has 1 atom stereocenters. The second-order valence-electron chi connectivity index (χ2n) is 6.08. The molecule has 0 N–H and O–H groups in total. The Bertz CT molecular complexity index is 841. The molecule has 0 saturated carbocycles. The molecule has 1 fully saturated rings. The van der Waals surface area contributed by atoms with Crippen LogP contribution >= 0.6 is 0 Å². The smallest absolute Gasteiger partial charge is 0.277 e. The van der Waals surface area contributed by atoms with Gasteiger partial charge in [-0.25, -0.2) is 0 Å². The summed E-state index contributed by atoms with van der Waals surface area (Å²) in [7, 11) is 0. The van der Waals surface area contributed by atoms with Crippen molar-refractivity contribution in [3.8, 4) is 0 Å². The van der Waals surface area contributed by atoms with Gasteiger partial charge in [0.05, 0.1) is 34.2 Å². The third-order valence-corrected chi connectivity index (χ3v) is 4.24. The van der Waals surface area contributed by atoms with Crippen LogP contribution in [0.15, 0.2) is 42.7 Å². The number of non-ortho nitro benzene ring substituents is 2. The maximum Gasteiger partial charge on any atom is 0.277 e. The number of carbonyl (C=O) groups is 1. The number of rotatable bonds is 6. The molecule has 2 aromatic rings. The molecule has 10 heteroatoms. The zero-order valence-corrected chi connectivity index (χ0v) is 14.2. The molecular formula is C17H16N4O6. The van der Waals surface area contributed by atoms with Crippen LogP contribution in [0.4, 0.5) is 11.4 Å². The predicted octanol–water partition coefficient (Wildman–Crippen LogP) is 2.33. The summed E-state index contributed by atoms with van der Waals surface area (Å²) in [6.07, 6.45) is 3.78. The van der Waals surface area contributed by atoms with Gasteiger partial charge in [0.15, 0.2) is 0 Å². The monoisotopic (exact) mass is 372 g/mol. The SMILES string of the molecule is O=C(c1cc([N+](=O)[O-])cc([N+](=O)[O-])c1)N1CC[C@@H](OCc2ccncc2)C1. The number of nitro benzene ring substituents is 2. The largest absolute Gasteiger partial charge is 0.372 e. The first-order valence-corrected chi connectivity index (χ1v) is 8.17. The summed E-state index contributed by atoms with van der Waals surface area (Å²) in [6, 6.07) is 6.61. The topological polar surface area (TPSA) is 129 Å². The first-order valence-electron chi connectivity index (χ1n) is 8.17. The minimum atomic E-state index is -0.756. The number of hydrogen-bond donors (Lipinski definition) is 0. The number of nitro groups is 2. The zero-order valence-electron chi connectivity index (χ0n) is 14.2. The van der Waals surface area contributed by atoms with Gasteiger partial charge in [-0.2, -0.15) is 0 Å². The molecular weight excluding hydrogens is 356 g/mol. The van der Waals surface area contributed by atoms with Gasteiger partial charge in [-0.1, -0.05) is 0 Å². The van der Waals surface area contributed by atoms with E-state index in [1.54, 1.807) is 12.4 Å². The maximum absolute atomic E-state index is 12.6. The van der Waals surface area contributed by atoms with Gasteiger partial charge in [0.25, 0.3) is 17.3 Å². The number of amides is 1. The molecule has 1 aromatic heterocycles. The van der Waals surface area contributed by atoms with E-state index >= 15 is 0 Å². The summed E-state index contributed by atoms with van der Waals surface area (Å²) in [5, 5.41) is 22.0. The fourth-order valence-electron chi connectivity index (χ4n) is 2.85. The Morgan fingerprint density at radius 3 is 2.37 bits per heavy atom. The van der Waals surface area contributed by atoms with E-state index in [0.29, 0.717) is 26.1 Å². The van der Waals surface area contributed by atoms with Crippen LogP contribution in [0.25, 0.3) is 0 Å². The molecule has 0 spiro atoms. The van der Waals surface area contributed by atoms with Crippen molar-refractivity contribution >= 4 is 17.3 Å². The molecule has 1 saturated heterocycles. The van der Waals surface area contributed by atoms with Crippen LogP contribution in [-0.4, -0.2) is 44.8 Å². The number of aromatic nitrogens is 1. The average molecular weight is 372 g/mol. The predicted molar refractivity (Wildman–Crippen MR) is 93.1 cm³/mol. The van der Waals surface area contributed by atoms with Crippen molar-refractivity contribution in [3.63, 3.8) is 0 Å². The van der Waals surface area contributed by atoms with Crippen LogP contribution in [0, 0.1) is 20.2 Å². The molecule has 1 aromatic carbocycles. The molecule has 2 heterocycles. The number of benzene rings is 1. The molecule has 3 rings (SSSR count). The van der Waals surface area contributed by atoms with Crippen molar-refractivity contribution in [2.24, 2.45) is 0 Å². The van der Waals surface area contributed by atoms with Crippen molar-refractivity contribution in [1.29, 1.82) is 0 Å². The minimum absolute atomic E-state index is 0.0781. The molecule has 1 amide bonds. The fraction of sp³-hybridized carbons (Fsp3) is 0.294. The van der Waals surface area contributed by atoms with Gasteiger partial charge in [0.1, 0.15) is 0 Å². The lowest BCUT2D eigenvalue weighted by Crippen LogP contribution is -2.30. The minimum Gasteiger partial charge on any atom is -0.372 e. The number of hydrogen-bond acceptors (Lipinski definition) is 7. The summed E-state index contributed by atoms with van der Waals surface area (Å²) < 4.78 is 5.79. The Hall–Kier alpha value is -3.40. The lowest BCUT2D eigenvalue weighted by atomic mass is 10.1. The lowest BCUT2D eigenvalue weighted by molar-refractivity contribution is -0.394. The fourth-order valence-corrected chi connectivity index (χ4v) is 2.85. The highest BCUT2D eigenvalue weighted by atomic mass is 16.6. The van der Waals surface area contributed by atoms with Crippen LogP contribution in [0.1, 0.15) is 22.3 Å². The molecule has 140 valence electrons. The molecule has 10 nitrogen and oxygen atoms in total. The van der Waals surface area contributed by atoms with Crippen molar-refractivity contribution in [2.75, 3.05) is 13.1 Å². The Morgan fingerprint density at radius 1 is 1.15 bits per heavy atom. The van der Waals surface area contributed by atoms with Crippen molar-refractivity contribution < 1.29 is 19.4 Å². The van der Waals surface area contributed by atoms with Gasteiger partial charge in [-0.15, -0.1) is 0 Å². The molecule has 1 aliphatic heterocycles. The number of carbonyl (C=O) groups excluding carboxylic acids is 1. The van der Waals surface area contributed by atoms with Gasteiger partial charge in [0, 0.05) is 37.6 Å². The Morgan fingerprint density at radius 2 is 1.78 bits per heavy atom. The molecule has 1 aliphatic rings. The van der Waals surface area contributed by atoms with Crippen LogP contribution in [0.5, 0.6) is 0 Å². The Balaban J connectivity index is 1.68. The van der Waals surface area contributed by atoms with Crippen LogP contribution < -0.4 is 0 Å². The number of pyridine rings is 1. The van der Waals surface area contributed by atoms with E-state index in [9.17, 15) is 25.0 Å². The zero-order chi connectivity index (χ0) is 19.4. The first-order chi connectivity index (χ1) is 12.9. The molecule has 0 radical (unpaired) electrons. The van der Waals surface area contributed by atoms with E-state index in [2.05, 4.69) is 4.98 Å². The normalized spacial score (nSPS) is 16.3. The van der Waals surface area contributed by atoms with Gasteiger partial charge >= 0.3 is 0 Å². The second-order valence-corrected chi connectivity index (χ2v) is 6.08. The summed E-state index contributed by atoms with van der Waals surface area (Å²) >= 11 is 0. The maximum atomic E-state index is 12.6. The first kappa shape index (κ1) is 18.4. The summed E-state index contributed by atoms with van der Waals surface area (Å²) in [6.45, 7) is 1.12. The molecule has 0 aliphatic carbocycles. The molecule has 0 unspecified atom stereocenters. The number of ether oxygens (including phenoxy) is 1. The van der Waals surface area contributed by atoms with E-state index in [4.69, 9.17) is 4.74 Å². The van der Waals surface area contributed by atoms with E-state index in [1.807, 2.05) is 12.1 Å². The van der Waals surface area contributed by atoms with Gasteiger partial charge < -0.3 is 9.64 Å². The van der Waals surface area contributed by atoms with E-state index in [1.165, 1.54) is 4.90 Å². The average Bonchev–Trinajstić information content (AvgIpc) is 3.15. The van der Waals surface area contributed by atoms with Gasteiger partial charge in [-0.05, 0) is 24.1 Å². The highest BCUT2D eigenvalue weighted by Gasteiger charge is 2.29. The van der Waals surface area contributed by atoms with Crippen molar-refractivity contribution in [2.45, 2.75) is 19.1 Å². The Labute approximate surface area is 153 Å². The highest BCUT2D eigenvalue weighted by molar-refractivity contribution is 5.95. The van der Waals surface area contributed by atoms with E-state index in [-0.39, 0.29) is 11.7 Å². The summed E-state index contributed by atoms with van der Waals surface area (Å²) in [4.78, 5) is 38.5. The third kappa shape index (κ3) is 4.42. The Kier molecular flexibility index (Phi) is 5.36. The van der Waals surface area contributed by atoms with Gasteiger partial charge in [-0.3, -0.25) is 30.0 Å². The number of nitrogens with zero attached hydrogens (tertiary/aromatic N) is 4. The van der Waals surface area contributed by atoms with Crippen molar-refractivity contribution in [3.05, 3.63) is 74.1 Å². The molecule has 0 bridgehead atoms. The van der Waals surface area contributed by atoms with Crippen molar-refractivity contribution in [1.82, 2.24) is 9.88 Å². The standard InChI is InChI=1S/C17H16N4O6/c22-17(13-7-14(20(23)24)9-15(8-13)21(25)26)19-6-3-16(10-19)27-11-12-1-4-18-5-2-12/h1-2,4-5,7-9,16H,3,6,10-11H2/t16-/m1/s1. The van der Waals surface area contributed by atoms with E-state index in [0.717, 1.165) is 23.8 Å². The summed E-state index contributed by atoms with van der Waals surface area (Å²) in [5.41, 5.74) is -0.0933. The summed E-state index contributed by atoms with van der Waals surface area (Å²) in [5.74, 6) is -0.489. The van der Waals surface area contributed by atoms with Crippen LogP contribution in [0.2, 0.25) is 0 Å². The molecule has 27 heavy (non-hydrogen) atoms. The number of likely N-dealkylation sites (tertiary alicyclic amines) is 1. The van der Waals surface area contributed by atoms with Crippen LogP contribution in [0.3, 0.4) is 0 Å². The second kappa shape index (κ2) is 7.87. The quantitative estimate of drug-likeness (QED) is 0.562. The lowest BCUT2D eigenvalue weighted by Gasteiger charge is -2.17.